The van der Waals surface area contributed by atoms with E-state index in [2.05, 4.69) is 5.10 Å². The van der Waals surface area contributed by atoms with E-state index >= 15 is 0 Å². The highest BCUT2D eigenvalue weighted by Crippen LogP contribution is 2.20. The molecule has 0 aliphatic rings. The number of hydrogen-bond acceptors (Lipinski definition) is 3. The molecule has 2 aromatic rings. The first kappa shape index (κ1) is 17.7. The summed E-state index contributed by atoms with van der Waals surface area (Å²) < 4.78 is 14.7. The zero-order chi connectivity index (χ0) is 17.9. The standard InChI is InChI=1S/C17H20FN3O3/c1-4-20(10-9-15(22)23)17(24)16-11(2)19-21(12(16)3)14-7-5-13(18)6-8-14/h5-8H,4,9-10H2,1-3H3,(H,22,23). The second-order valence-corrected chi connectivity index (χ2v) is 5.46. The van der Waals surface area contributed by atoms with Gasteiger partial charge in [0.05, 0.1) is 29.1 Å². The fourth-order valence-corrected chi connectivity index (χ4v) is 2.58. The predicted molar refractivity (Wildman–Crippen MR) is 86.8 cm³/mol. The average Bonchev–Trinajstić information content (AvgIpc) is 2.83. The minimum Gasteiger partial charge on any atom is -0.481 e. The maximum Gasteiger partial charge on any atom is 0.305 e. The van der Waals surface area contributed by atoms with Crippen LogP contribution in [-0.2, 0) is 4.79 Å². The first-order valence-corrected chi connectivity index (χ1v) is 7.68. The fraction of sp³-hybridized carbons (Fsp3) is 0.353. The van der Waals surface area contributed by atoms with E-state index in [1.54, 1.807) is 37.6 Å². The van der Waals surface area contributed by atoms with Crippen LogP contribution in [0.1, 0.15) is 35.1 Å². The van der Waals surface area contributed by atoms with Gasteiger partial charge >= 0.3 is 5.97 Å². The summed E-state index contributed by atoms with van der Waals surface area (Å²) in [6.45, 7) is 5.85. The number of carbonyl (C=O) groups excluding carboxylic acids is 1. The van der Waals surface area contributed by atoms with Crippen molar-refractivity contribution in [3.8, 4) is 5.69 Å². The Labute approximate surface area is 139 Å². The highest BCUT2D eigenvalue weighted by Gasteiger charge is 2.23. The van der Waals surface area contributed by atoms with Crippen molar-refractivity contribution < 1.29 is 19.1 Å². The number of rotatable bonds is 6. The van der Waals surface area contributed by atoms with Gasteiger partial charge in [-0.3, -0.25) is 9.59 Å². The monoisotopic (exact) mass is 333 g/mol. The summed E-state index contributed by atoms with van der Waals surface area (Å²) in [7, 11) is 0. The van der Waals surface area contributed by atoms with Crippen molar-refractivity contribution in [2.24, 2.45) is 0 Å². The minimum absolute atomic E-state index is 0.107. The van der Waals surface area contributed by atoms with Crippen molar-refractivity contribution in [1.82, 2.24) is 14.7 Å². The van der Waals surface area contributed by atoms with Gasteiger partial charge in [0.1, 0.15) is 5.82 Å². The summed E-state index contributed by atoms with van der Waals surface area (Å²) in [5.41, 5.74) is 2.30. The van der Waals surface area contributed by atoms with Crippen LogP contribution < -0.4 is 0 Å². The molecule has 0 radical (unpaired) electrons. The van der Waals surface area contributed by atoms with E-state index in [1.807, 2.05) is 0 Å². The SMILES string of the molecule is CCN(CCC(=O)O)C(=O)c1c(C)nn(-c2ccc(F)cc2)c1C. The smallest absolute Gasteiger partial charge is 0.305 e. The Morgan fingerprint density at radius 3 is 2.42 bits per heavy atom. The lowest BCUT2D eigenvalue weighted by Crippen LogP contribution is -2.33. The number of aliphatic carboxylic acids is 1. The molecule has 1 amide bonds. The van der Waals surface area contributed by atoms with Crippen molar-refractivity contribution in [2.75, 3.05) is 13.1 Å². The van der Waals surface area contributed by atoms with Gasteiger partial charge in [0.25, 0.3) is 5.91 Å². The largest absolute Gasteiger partial charge is 0.481 e. The molecule has 24 heavy (non-hydrogen) atoms. The summed E-state index contributed by atoms with van der Waals surface area (Å²) in [6, 6.07) is 5.84. The molecule has 0 aliphatic carbocycles. The third-order valence-corrected chi connectivity index (χ3v) is 3.84. The van der Waals surface area contributed by atoms with Gasteiger partial charge in [-0.1, -0.05) is 0 Å². The van der Waals surface area contributed by atoms with E-state index in [9.17, 15) is 14.0 Å². The number of amides is 1. The second kappa shape index (κ2) is 7.25. The van der Waals surface area contributed by atoms with Gasteiger partial charge in [-0.05, 0) is 45.0 Å². The van der Waals surface area contributed by atoms with Crippen LogP contribution in [0.4, 0.5) is 4.39 Å². The lowest BCUT2D eigenvalue weighted by atomic mass is 10.1. The Kier molecular flexibility index (Phi) is 5.33. The summed E-state index contributed by atoms with van der Waals surface area (Å²) >= 11 is 0. The molecule has 7 heteroatoms. The van der Waals surface area contributed by atoms with Crippen LogP contribution in [0.2, 0.25) is 0 Å². The average molecular weight is 333 g/mol. The number of hydrogen-bond donors (Lipinski definition) is 1. The van der Waals surface area contributed by atoms with Crippen LogP contribution in [0.25, 0.3) is 5.69 Å². The van der Waals surface area contributed by atoms with Crippen LogP contribution in [0, 0.1) is 19.7 Å². The van der Waals surface area contributed by atoms with Crippen LogP contribution in [0.3, 0.4) is 0 Å². The molecule has 1 aromatic heterocycles. The Morgan fingerprint density at radius 2 is 1.88 bits per heavy atom. The van der Waals surface area contributed by atoms with E-state index in [0.717, 1.165) is 0 Å². The molecule has 0 aliphatic heterocycles. The van der Waals surface area contributed by atoms with Crippen LogP contribution in [0.5, 0.6) is 0 Å². The van der Waals surface area contributed by atoms with Crippen molar-refractivity contribution in [2.45, 2.75) is 27.2 Å². The van der Waals surface area contributed by atoms with Gasteiger partial charge in [-0.15, -0.1) is 0 Å². The molecule has 0 unspecified atom stereocenters. The molecule has 0 spiro atoms. The van der Waals surface area contributed by atoms with Crippen LogP contribution >= 0.6 is 0 Å². The lowest BCUT2D eigenvalue weighted by Gasteiger charge is -2.20. The molecule has 1 heterocycles. The Morgan fingerprint density at radius 1 is 1.25 bits per heavy atom. The highest BCUT2D eigenvalue weighted by atomic mass is 19.1. The first-order valence-electron chi connectivity index (χ1n) is 7.68. The van der Waals surface area contributed by atoms with E-state index in [-0.39, 0.29) is 24.7 Å². The minimum atomic E-state index is -0.947. The number of aryl methyl sites for hydroxylation is 1. The maximum absolute atomic E-state index is 13.1. The molecule has 0 saturated heterocycles. The molecule has 0 fully saturated rings. The van der Waals surface area contributed by atoms with Gasteiger partial charge in [-0.25, -0.2) is 9.07 Å². The number of carbonyl (C=O) groups is 2. The molecular formula is C17H20FN3O3. The molecule has 0 saturated carbocycles. The van der Waals surface area contributed by atoms with Crippen molar-refractivity contribution in [1.29, 1.82) is 0 Å². The summed E-state index contributed by atoms with van der Waals surface area (Å²) in [5, 5.41) is 13.2. The third-order valence-electron chi connectivity index (χ3n) is 3.84. The molecule has 0 bridgehead atoms. The van der Waals surface area contributed by atoms with E-state index in [4.69, 9.17) is 5.11 Å². The number of halogens is 1. The first-order chi connectivity index (χ1) is 11.3. The number of aromatic nitrogens is 2. The predicted octanol–water partition coefficient (Wildman–Crippen LogP) is 2.57. The summed E-state index contributed by atoms with van der Waals surface area (Å²) in [4.78, 5) is 25.0. The lowest BCUT2D eigenvalue weighted by molar-refractivity contribution is -0.137. The normalized spacial score (nSPS) is 10.7. The Balaban J connectivity index is 2.35. The molecule has 0 atom stereocenters. The zero-order valence-electron chi connectivity index (χ0n) is 13.9. The molecular weight excluding hydrogens is 313 g/mol. The highest BCUT2D eigenvalue weighted by molar-refractivity contribution is 5.96. The summed E-state index contributed by atoms with van der Waals surface area (Å²) in [6.07, 6.45) is -0.107. The zero-order valence-corrected chi connectivity index (χ0v) is 13.9. The van der Waals surface area contributed by atoms with Crippen molar-refractivity contribution >= 4 is 11.9 Å². The maximum atomic E-state index is 13.1. The fourth-order valence-electron chi connectivity index (χ4n) is 2.58. The van der Waals surface area contributed by atoms with E-state index in [0.29, 0.717) is 29.2 Å². The quantitative estimate of drug-likeness (QED) is 0.881. The van der Waals surface area contributed by atoms with Gasteiger partial charge in [0.15, 0.2) is 0 Å². The Hall–Kier alpha value is -2.70. The molecule has 128 valence electrons. The number of benzene rings is 1. The number of carboxylic acids is 1. The van der Waals surface area contributed by atoms with E-state index in [1.165, 1.54) is 17.0 Å². The van der Waals surface area contributed by atoms with Gasteiger partial charge in [0.2, 0.25) is 0 Å². The molecule has 1 aromatic carbocycles. The molecule has 6 nitrogen and oxygen atoms in total. The molecule has 2 rings (SSSR count). The third kappa shape index (κ3) is 3.61. The Bertz CT molecular complexity index is 753. The number of carboxylic acid groups (broad SMARTS) is 1. The number of nitrogens with zero attached hydrogens (tertiary/aromatic N) is 3. The van der Waals surface area contributed by atoms with Gasteiger partial charge < -0.3 is 10.0 Å². The summed E-state index contributed by atoms with van der Waals surface area (Å²) in [5.74, 6) is -1.54. The van der Waals surface area contributed by atoms with Crippen LogP contribution in [-0.4, -0.2) is 44.8 Å². The van der Waals surface area contributed by atoms with Crippen molar-refractivity contribution in [3.63, 3.8) is 0 Å². The topological polar surface area (TPSA) is 75.4 Å². The van der Waals surface area contributed by atoms with Crippen LogP contribution in [0.15, 0.2) is 24.3 Å². The van der Waals surface area contributed by atoms with E-state index < -0.39 is 5.97 Å². The van der Waals surface area contributed by atoms with Gasteiger partial charge in [-0.2, -0.15) is 5.10 Å². The second-order valence-electron chi connectivity index (χ2n) is 5.46. The van der Waals surface area contributed by atoms with Gasteiger partial charge in [0, 0.05) is 13.1 Å². The van der Waals surface area contributed by atoms with Crippen molar-refractivity contribution in [3.05, 3.63) is 47.0 Å². The molecule has 1 N–H and O–H groups in total.